The SMILES string of the molecule is CCc1nc(C(N)=O)c(Nc2ccc(N3CCN(CC4=CC[C@H]5C[C@@H]4C5(C)C)CC3)c(C)c2)nc1NC1CCC(O)CC1. The highest BCUT2D eigenvalue weighted by Gasteiger charge is 2.51. The third-order valence-corrected chi connectivity index (χ3v) is 10.7. The second kappa shape index (κ2) is 12.1. The molecule has 3 fully saturated rings. The van der Waals surface area contributed by atoms with Crippen LogP contribution >= 0.6 is 0 Å². The number of benzene rings is 1. The Hall–Kier alpha value is -3.17. The van der Waals surface area contributed by atoms with Gasteiger partial charge in [-0.05, 0) is 92.9 Å². The van der Waals surface area contributed by atoms with Gasteiger partial charge < -0.3 is 26.4 Å². The first kappa shape index (κ1) is 29.9. The average molecular weight is 588 g/mol. The molecule has 2 aromatic rings. The first-order valence-corrected chi connectivity index (χ1v) is 16.3. The number of nitrogens with zero attached hydrogens (tertiary/aromatic N) is 4. The summed E-state index contributed by atoms with van der Waals surface area (Å²) in [5.41, 5.74) is 12.0. The molecule has 2 heterocycles. The van der Waals surface area contributed by atoms with Crippen LogP contribution in [0, 0.1) is 24.2 Å². The van der Waals surface area contributed by atoms with Crippen molar-refractivity contribution in [1.29, 1.82) is 0 Å². The molecule has 1 aliphatic heterocycles. The van der Waals surface area contributed by atoms with E-state index in [4.69, 9.17) is 10.7 Å². The summed E-state index contributed by atoms with van der Waals surface area (Å²) in [6.07, 6.45) is 8.88. The average Bonchev–Trinajstić information content (AvgIpc) is 2.99. The Morgan fingerprint density at radius 1 is 1.09 bits per heavy atom. The quantitative estimate of drug-likeness (QED) is 0.302. The lowest BCUT2D eigenvalue weighted by molar-refractivity contribution is -0.0107. The molecule has 5 aliphatic rings. The minimum Gasteiger partial charge on any atom is -0.393 e. The number of primary amides is 1. The highest BCUT2D eigenvalue weighted by Crippen LogP contribution is 2.59. The molecule has 9 heteroatoms. The summed E-state index contributed by atoms with van der Waals surface area (Å²) in [4.78, 5) is 26.9. The topological polar surface area (TPSA) is 120 Å². The summed E-state index contributed by atoms with van der Waals surface area (Å²) in [6, 6.07) is 6.54. The normalized spacial score (nSPS) is 26.8. The third kappa shape index (κ3) is 6.11. The van der Waals surface area contributed by atoms with Crippen molar-refractivity contribution in [3.8, 4) is 0 Å². The van der Waals surface area contributed by atoms with Crippen LogP contribution in [0.5, 0.6) is 0 Å². The Morgan fingerprint density at radius 2 is 1.84 bits per heavy atom. The minimum absolute atomic E-state index is 0.146. The van der Waals surface area contributed by atoms with Crippen molar-refractivity contribution in [3.05, 3.63) is 46.8 Å². The lowest BCUT2D eigenvalue weighted by Crippen LogP contribution is -2.52. The van der Waals surface area contributed by atoms with Gasteiger partial charge in [-0.25, -0.2) is 9.97 Å². The molecule has 1 saturated heterocycles. The van der Waals surface area contributed by atoms with Crippen LogP contribution in [-0.4, -0.2) is 70.8 Å². The van der Waals surface area contributed by atoms with Crippen LogP contribution in [0.15, 0.2) is 29.8 Å². The van der Waals surface area contributed by atoms with Gasteiger partial charge in [0.05, 0.1) is 11.8 Å². The lowest BCUT2D eigenvalue weighted by Gasteiger charge is -2.57. The van der Waals surface area contributed by atoms with Gasteiger partial charge in [-0.15, -0.1) is 0 Å². The summed E-state index contributed by atoms with van der Waals surface area (Å²) in [6.45, 7) is 14.3. The van der Waals surface area contributed by atoms with Gasteiger partial charge >= 0.3 is 0 Å². The molecule has 4 aliphatic carbocycles. The fourth-order valence-electron chi connectivity index (χ4n) is 7.79. The number of fused-ring (bicyclic) bond motifs is 1. The van der Waals surface area contributed by atoms with Gasteiger partial charge in [0.15, 0.2) is 11.5 Å². The number of piperazine rings is 1. The predicted molar refractivity (Wildman–Crippen MR) is 173 cm³/mol. The van der Waals surface area contributed by atoms with Gasteiger partial charge in [-0.1, -0.05) is 32.4 Å². The van der Waals surface area contributed by atoms with Crippen molar-refractivity contribution >= 4 is 28.9 Å². The molecule has 232 valence electrons. The highest BCUT2D eigenvalue weighted by atomic mass is 16.3. The highest BCUT2D eigenvalue weighted by molar-refractivity contribution is 5.96. The molecule has 0 radical (unpaired) electrons. The Labute approximate surface area is 256 Å². The van der Waals surface area contributed by atoms with E-state index in [1.807, 2.05) is 13.0 Å². The van der Waals surface area contributed by atoms with Gasteiger partial charge in [0.2, 0.25) is 0 Å². The molecule has 1 amide bonds. The van der Waals surface area contributed by atoms with Crippen molar-refractivity contribution in [2.24, 2.45) is 23.0 Å². The monoisotopic (exact) mass is 587 g/mol. The third-order valence-electron chi connectivity index (χ3n) is 10.7. The van der Waals surface area contributed by atoms with Gasteiger partial charge in [-0.3, -0.25) is 9.69 Å². The van der Waals surface area contributed by atoms with Gasteiger partial charge in [0, 0.05) is 50.1 Å². The number of aryl methyl sites for hydroxylation is 2. The maximum atomic E-state index is 12.4. The molecule has 5 N–H and O–H groups in total. The molecule has 0 spiro atoms. The van der Waals surface area contributed by atoms with E-state index in [9.17, 15) is 9.90 Å². The number of anilines is 4. The van der Waals surface area contributed by atoms with Gasteiger partial charge in [0.1, 0.15) is 5.82 Å². The molecule has 0 unspecified atom stereocenters. The summed E-state index contributed by atoms with van der Waals surface area (Å²) >= 11 is 0. The number of rotatable bonds is 9. The number of nitrogens with two attached hydrogens (primary N) is 1. The largest absolute Gasteiger partial charge is 0.393 e. The van der Waals surface area contributed by atoms with E-state index < -0.39 is 5.91 Å². The Morgan fingerprint density at radius 3 is 2.47 bits per heavy atom. The van der Waals surface area contributed by atoms with Crippen molar-refractivity contribution < 1.29 is 9.90 Å². The number of carbonyl (C=O) groups is 1. The number of aliphatic hydroxyl groups is 1. The molecule has 2 atom stereocenters. The number of hydrogen-bond donors (Lipinski definition) is 4. The number of hydrogen-bond acceptors (Lipinski definition) is 8. The van der Waals surface area contributed by atoms with Crippen molar-refractivity contribution in [1.82, 2.24) is 14.9 Å². The summed E-state index contributed by atoms with van der Waals surface area (Å²) in [7, 11) is 0. The number of aromatic nitrogens is 2. The maximum absolute atomic E-state index is 12.4. The summed E-state index contributed by atoms with van der Waals surface area (Å²) < 4.78 is 0. The Balaban J connectivity index is 1.11. The molecular formula is C34H49N7O2. The minimum atomic E-state index is -0.604. The zero-order chi connectivity index (χ0) is 30.3. The van der Waals surface area contributed by atoms with E-state index in [2.05, 4.69) is 64.4 Å². The molecule has 43 heavy (non-hydrogen) atoms. The van der Waals surface area contributed by atoms with Crippen LogP contribution in [0.2, 0.25) is 0 Å². The van der Waals surface area contributed by atoms with Gasteiger partial charge in [0.25, 0.3) is 5.91 Å². The number of nitrogens with one attached hydrogen (secondary N) is 2. The standard InChI is InChI=1S/C34H49N7O2/c1-5-28-32(36-24-8-11-26(42)12-9-24)39-33(30(38-28)31(35)43)37-25-10-13-29(21(2)18-25)41-16-14-40(15-17-41)20-22-6-7-23-19-27(22)34(23,3)4/h6,10,13,18,23-24,26-27,42H,5,7-9,11-12,14-17,19-20H2,1-4H3,(H2,35,43)(H2,36,37,39)/t23-,24?,26?,27-/m0/s1. The predicted octanol–water partition coefficient (Wildman–Crippen LogP) is 5.02. The fourth-order valence-corrected chi connectivity index (χ4v) is 7.79. The smallest absolute Gasteiger partial charge is 0.271 e. The molecule has 1 aromatic heterocycles. The van der Waals surface area contributed by atoms with Crippen LogP contribution in [0.4, 0.5) is 23.0 Å². The fraction of sp³-hybridized carbons (Fsp3) is 0.618. The van der Waals surface area contributed by atoms with E-state index in [1.165, 1.54) is 24.1 Å². The number of amides is 1. The van der Waals surface area contributed by atoms with Crippen LogP contribution in [0.25, 0.3) is 0 Å². The number of carbonyl (C=O) groups excluding carboxylic acids is 1. The van der Waals surface area contributed by atoms with Crippen LogP contribution in [0.3, 0.4) is 0 Å². The summed E-state index contributed by atoms with van der Waals surface area (Å²) in [5.74, 6) is 2.10. The molecule has 1 aromatic carbocycles. The zero-order valence-electron chi connectivity index (χ0n) is 26.3. The molecule has 2 saturated carbocycles. The Kier molecular flexibility index (Phi) is 8.39. The van der Waals surface area contributed by atoms with Crippen molar-refractivity contribution in [3.63, 3.8) is 0 Å². The molecule has 9 nitrogen and oxygen atoms in total. The van der Waals surface area contributed by atoms with E-state index >= 15 is 0 Å². The van der Waals surface area contributed by atoms with Crippen molar-refractivity contribution in [2.75, 3.05) is 48.3 Å². The second-order valence-corrected chi connectivity index (χ2v) is 13.8. The lowest BCUT2D eigenvalue weighted by atomic mass is 9.49. The number of aliphatic hydroxyl groups excluding tert-OH is 1. The molecule has 2 bridgehead atoms. The van der Waals surface area contributed by atoms with E-state index in [-0.39, 0.29) is 17.8 Å². The first-order chi connectivity index (χ1) is 20.6. The Bertz CT molecular complexity index is 1370. The van der Waals surface area contributed by atoms with E-state index in [1.54, 1.807) is 5.57 Å². The first-order valence-electron chi connectivity index (χ1n) is 16.3. The van der Waals surface area contributed by atoms with E-state index in [0.29, 0.717) is 23.5 Å². The second-order valence-electron chi connectivity index (χ2n) is 13.8. The zero-order valence-corrected chi connectivity index (χ0v) is 26.3. The van der Waals surface area contributed by atoms with Crippen LogP contribution < -0.4 is 21.3 Å². The van der Waals surface area contributed by atoms with E-state index in [0.717, 1.165) is 81.6 Å². The maximum Gasteiger partial charge on any atom is 0.271 e. The van der Waals surface area contributed by atoms with Crippen LogP contribution in [-0.2, 0) is 6.42 Å². The molecule has 7 rings (SSSR count). The van der Waals surface area contributed by atoms with Gasteiger partial charge in [-0.2, -0.15) is 0 Å². The number of allylic oxidation sites excluding steroid dienone is 1. The van der Waals surface area contributed by atoms with Crippen molar-refractivity contribution in [2.45, 2.75) is 84.8 Å². The van der Waals surface area contributed by atoms with Crippen LogP contribution in [0.1, 0.15) is 81.0 Å². The summed E-state index contributed by atoms with van der Waals surface area (Å²) in [5, 5.41) is 16.8. The molecular weight excluding hydrogens is 538 g/mol.